The van der Waals surface area contributed by atoms with Crippen LogP contribution in [0.2, 0.25) is 0 Å². The van der Waals surface area contributed by atoms with Crippen LogP contribution >= 0.6 is 0 Å². The van der Waals surface area contributed by atoms with Crippen LogP contribution in [0, 0.1) is 0 Å². The van der Waals surface area contributed by atoms with Crippen molar-refractivity contribution in [2.45, 2.75) is 25.8 Å². The Hall–Kier alpha value is -2.99. The van der Waals surface area contributed by atoms with Crippen LogP contribution in [0.25, 0.3) is 11.2 Å². The third-order valence-electron chi connectivity index (χ3n) is 5.02. The van der Waals surface area contributed by atoms with Crippen molar-refractivity contribution in [1.29, 1.82) is 0 Å². The maximum absolute atomic E-state index is 13.1. The molecule has 0 N–H and O–H groups in total. The van der Waals surface area contributed by atoms with E-state index >= 15 is 0 Å². The topological polar surface area (TPSA) is 81.4 Å². The van der Waals surface area contributed by atoms with Gasteiger partial charge in [-0.25, -0.2) is 15.0 Å². The number of fused-ring (bicyclic) bond motifs is 1. The molecule has 3 aromatic heterocycles. The van der Waals surface area contributed by atoms with Crippen LogP contribution in [0.4, 0.5) is 19.0 Å². The van der Waals surface area contributed by atoms with E-state index in [1.807, 2.05) is 22.9 Å². The monoisotopic (exact) mass is 451 g/mol. The molecule has 0 bridgehead atoms. The molecule has 0 atom stereocenters. The molecule has 0 spiro atoms. The number of rotatable bonds is 7. The van der Waals surface area contributed by atoms with Crippen molar-refractivity contribution in [3.05, 3.63) is 36.2 Å². The van der Waals surface area contributed by atoms with Gasteiger partial charge in [0.2, 0.25) is 0 Å². The van der Waals surface area contributed by atoms with E-state index in [1.54, 1.807) is 19.5 Å². The van der Waals surface area contributed by atoms with Crippen molar-refractivity contribution in [3.8, 4) is 5.75 Å². The van der Waals surface area contributed by atoms with Gasteiger partial charge >= 0.3 is 6.18 Å². The molecule has 1 saturated heterocycles. The molecule has 0 radical (unpaired) electrons. The average molecular weight is 451 g/mol. The molecule has 12 heteroatoms. The second-order valence-electron chi connectivity index (χ2n) is 7.63. The van der Waals surface area contributed by atoms with E-state index < -0.39 is 12.7 Å². The molecule has 172 valence electrons. The number of halogens is 3. The predicted octanol–water partition coefficient (Wildman–Crippen LogP) is 2.26. The molecule has 0 aliphatic carbocycles. The van der Waals surface area contributed by atoms with Gasteiger partial charge in [-0.15, -0.1) is 0 Å². The lowest BCUT2D eigenvalue weighted by Gasteiger charge is -2.28. The van der Waals surface area contributed by atoms with E-state index in [-0.39, 0.29) is 5.65 Å². The lowest BCUT2D eigenvalue weighted by molar-refractivity contribution is -0.140. The molecular formula is C20H24F3N7O2. The largest absolute Gasteiger partial charge is 0.495 e. The predicted molar refractivity (Wildman–Crippen MR) is 110 cm³/mol. The molecule has 0 amide bonds. The van der Waals surface area contributed by atoms with Gasteiger partial charge < -0.3 is 18.9 Å². The van der Waals surface area contributed by atoms with Crippen molar-refractivity contribution in [2.24, 2.45) is 0 Å². The minimum absolute atomic E-state index is 0.172. The van der Waals surface area contributed by atoms with E-state index in [0.29, 0.717) is 62.3 Å². The number of hydrogen-bond acceptors (Lipinski definition) is 8. The third-order valence-corrected chi connectivity index (χ3v) is 5.02. The van der Waals surface area contributed by atoms with Crippen LogP contribution in [0.5, 0.6) is 5.75 Å². The van der Waals surface area contributed by atoms with E-state index in [1.165, 1.54) is 6.33 Å². The number of nitrogens with zero attached hydrogens (tertiary/aromatic N) is 7. The molecule has 1 aliphatic rings. The highest BCUT2D eigenvalue weighted by atomic mass is 19.4. The van der Waals surface area contributed by atoms with Crippen molar-refractivity contribution in [1.82, 2.24) is 29.4 Å². The first kappa shape index (κ1) is 22.2. The van der Waals surface area contributed by atoms with Crippen molar-refractivity contribution in [2.75, 3.05) is 45.4 Å². The van der Waals surface area contributed by atoms with Crippen LogP contribution in [0.1, 0.15) is 11.4 Å². The van der Waals surface area contributed by atoms with Gasteiger partial charge in [0, 0.05) is 25.8 Å². The number of alkyl halides is 3. The summed E-state index contributed by atoms with van der Waals surface area (Å²) in [5.74, 6) is 1.60. The van der Waals surface area contributed by atoms with Gasteiger partial charge in [0.25, 0.3) is 0 Å². The van der Waals surface area contributed by atoms with Gasteiger partial charge in [-0.1, -0.05) is 0 Å². The number of ether oxygens (including phenoxy) is 2. The second-order valence-corrected chi connectivity index (χ2v) is 7.63. The summed E-state index contributed by atoms with van der Waals surface area (Å²) in [5.41, 5.74) is 1.47. The minimum atomic E-state index is -4.38. The maximum atomic E-state index is 13.1. The summed E-state index contributed by atoms with van der Waals surface area (Å²) in [6.45, 7) is 1.93. The Morgan fingerprint density at radius 1 is 1.16 bits per heavy atom. The number of morpholine rings is 1. The standard InChI is InChI=1S/C20H24F3N7O2/c1-28(10-14-7-15(31-2)9-24-8-14)11-16-26-18(29-3-5-32-6-4-29)17-19(27-16)30(13-25-17)12-20(21,22)23/h7-9,13H,3-6,10-12H2,1-2H3. The molecule has 3 aromatic rings. The first-order chi connectivity index (χ1) is 15.3. The summed E-state index contributed by atoms with van der Waals surface area (Å²) in [4.78, 5) is 21.4. The smallest absolute Gasteiger partial charge is 0.406 e. The van der Waals surface area contributed by atoms with Gasteiger partial charge in [-0.05, 0) is 18.7 Å². The van der Waals surface area contributed by atoms with Crippen molar-refractivity contribution in [3.63, 3.8) is 0 Å². The Morgan fingerprint density at radius 3 is 2.66 bits per heavy atom. The summed E-state index contributed by atoms with van der Waals surface area (Å²) in [6, 6.07) is 1.88. The van der Waals surface area contributed by atoms with Gasteiger partial charge in [0.15, 0.2) is 17.0 Å². The molecule has 0 unspecified atom stereocenters. The van der Waals surface area contributed by atoms with Gasteiger partial charge in [0.05, 0.1) is 39.4 Å². The Morgan fingerprint density at radius 2 is 1.94 bits per heavy atom. The normalized spacial score (nSPS) is 15.0. The van der Waals surface area contributed by atoms with Gasteiger partial charge in [-0.2, -0.15) is 13.2 Å². The number of anilines is 1. The highest BCUT2D eigenvalue weighted by Gasteiger charge is 2.30. The second kappa shape index (κ2) is 9.25. The lowest BCUT2D eigenvalue weighted by Crippen LogP contribution is -2.37. The lowest BCUT2D eigenvalue weighted by atomic mass is 10.2. The highest BCUT2D eigenvalue weighted by molar-refractivity contribution is 5.83. The SMILES string of the molecule is COc1cncc(CN(C)Cc2nc(N3CCOCC3)c3ncn(CC(F)(F)F)c3n2)c1. The summed E-state index contributed by atoms with van der Waals surface area (Å²) < 4.78 is 50.9. The Balaban J connectivity index is 1.64. The zero-order chi connectivity index (χ0) is 22.7. The van der Waals surface area contributed by atoms with E-state index in [0.717, 1.165) is 10.1 Å². The molecule has 0 saturated carbocycles. The Bertz CT molecular complexity index is 1070. The zero-order valence-electron chi connectivity index (χ0n) is 17.8. The number of aromatic nitrogens is 5. The molecule has 1 fully saturated rings. The molecule has 9 nitrogen and oxygen atoms in total. The summed E-state index contributed by atoms with van der Waals surface area (Å²) >= 11 is 0. The van der Waals surface area contributed by atoms with E-state index in [4.69, 9.17) is 9.47 Å². The van der Waals surface area contributed by atoms with Crippen LogP contribution in [-0.4, -0.2) is 76.0 Å². The average Bonchev–Trinajstić information content (AvgIpc) is 3.15. The fourth-order valence-corrected chi connectivity index (χ4v) is 3.62. The molecule has 4 rings (SSSR count). The van der Waals surface area contributed by atoms with Gasteiger partial charge in [0.1, 0.15) is 18.1 Å². The minimum Gasteiger partial charge on any atom is -0.495 e. The first-order valence-corrected chi connectivity index (χ1v) is 10.1. The molecular weight excluding hydrogens is 427 g/mol. The molecule has 0 aromatic carbocycles. The summed E-state index contributed by atoms with van der Waals surface area (Å²) in [5, 5.41) is 0. The Kier molecular flexibility index (Phi) is 6.42. The van der Waals surface area contributed by atoms with Crippen molar-refractivity contribution >= 4 is 17.0 Å². The number of methoxy groups -OCH3 is 1. The van der Waals surface area contributed by atoms with Crippen LogP contribution in [0.3, 0.4) is 0 Å². The summed E-state index contributed by atoms with van der Waals surface area (Å²) in [6.07, 6.45) is 0.151. The molecule has 1 aliphatic heterocycles. The fraction of sp³-hybridized carbons (Fsp3) is 0.500. The first-order valence-electron chi connectivity index (χ1n) is 10.1. The fourth-order valence-electron chi connectivity index (χ4n) is 3.62. The summed E-state index contributed by atoms with van der Waals surface area (Å²) in [7, 11) is 3.46. The zero-order valence-corrected chi connectivity index (χ0v) is 17.8. The van der Waals surface area contributed by atoms with Gasteiger partial charge in [-0.3, -0.25) is 9.88 Å². The number of pyridine rings is 1. The van der Waals surface area contributed by atoms with E-state index in [2.05, 4.69) is 19.9 Å². The molecule has 32 heavy (non-hydrogen) atoms. The third kappa shape index (κ3) is 5.25. The quantitative estimate of drug-likeness (QED) is 0.541. The van der Waals surface area contributed by atoms with Crippen LogP contribution in [-0.2, 0) is 24.4 Å². The van der Waals surface area contributed by atoms with Crippen LogP contribution in [0.15, 0.2) is 24.8 Å². The maximum Gasteiger partial charge on any atom is 0.406 e. The van der Waals surface area contributed by atoms with Crippen molar-refractivity contribution < 1.29 is 22.6 Å². The highest BCUT2D eigenvalue weighted by Crippen LogP contribution is 2.27. The van der Waals surface area contributed by atoms with Crippen LogP contribution < -0.4 is 9.64 Å². The number of imidazole rings is 1. The van der Waals surface area contributed by atoms with E-state index in [9.17, 15) is 13.2 Å². The number of hydrogen-bond donors (Lipinski definition) is 0. The Labute approximate surface area is 182 Å². The molecule has 4 heterocycles.